The first-order valence-electron chi connectivity index (χ1n) is 9.84. The molecular formula is C23H17ClFN5O2. The van der Waals surface area contributed by atoms with E-state index in [2.05, 4.69) is 25.6 Å². The van der Waals surface area contributed by atoms with E-state index in [0.717, 1.165) is 16.6 Å². The minimum absolute atomic E-state index is 0.104. The fourth-order valence-corrected chi connectivity index (χ4v) is 3.43. The molecule has 0 fully saturated rings. The van der Waals surface area contributed by atoms with E-state index >= 15 is 0 Å². The Kier molecular flexibility index (Phi) is 5.43. The van der Waals surface area contributed by atoms with E-state index in [4.69, 9.17) is 21.1 Å². The fourth-order valence-electron chi connectivity index (χ4n) is 3.21. The molecule has 0 bridgehead atoms. The van der Waals surface area contributed by atoms with Gasteiger partial charge >= 0.3 is 0 Å². The predicted octanol–water partition coefficient (Wildman–Crippen LogP) is 5.76. The third kappa shape index (κ3) is 4.26. The second-order valence-electron chi connectivity index (χ2n) is 6.92. The van der Waals surface area contributed by atoms with Crippen LogP contribution >= 0.6 is 11.6 Å². The number of aliphatic imine (C=N–C) groups is 1. The van der Waals surface area contributed by atoms with Crippen LogP contribution in [-0.2, 0) is 4.74 Å². The zero-order valence-electron chi connectivity index (χ0n) is 16.7. The van der Waals surface area contributed by atoms with E-state index in [-0.39, 0.29) is 5.75 Å². The monoisotopic (exact) mass is 449 g/mol. The molecule has 9 heteroatoms. The number of nitrogens with one attached hydrogen (secondary N) is 2. The molecule has 5 rings (SSSR count). The summed E-state index contributed by atoms with van der Waals surface area (Å²) >= 11 is 6.38. The Balaban J connectivity index is 1.40. The SMILES string of the molecule is Fc1ccccc1Oc1ccc(Nc2ncnc3ccc(NC4=NCCO4)cc23)cc1Cl. The first-order chi connectivity index (χ1) is 15.7. The summed E-state index contributed by atoms with van der Waals surface area (Å²) in [4.78, 5) is 12.9. The molecular weight excluding hydrogens is 433 g/mol. The molecule has 2 heterocycles. The number of hydrogen-bond donors (Lipinski definition) is 2. The molecule has 1 aliphatic rings. The predicted molar refractivity (Wildman–Crippen MR) is 123 cm³/mol. The number of halogens is 2. The van der Waals surface area contributed by atoms with Crippen molar-refractivity contribution in [2.75, 3.05) is 23.8 Å². The first kappa shape index (κ1) is 20.0. The smallest absolute Gasteiger partial charge is 0.289 e. The zero-order valence-corrected chi connectivity index (χ0v) is 17.4. The number of hydrogen-bond acceptors (Lipinski definition) is 7. The lowest BCUT2D eigenvalue weighted by molar-refractivity contribution is 0.346. The van der Waals surface area contributed by atoms with Gasteiger partial charge in [-0.2, -0.15) is 0 Å². The van der Waals surface area contributed by atoms with Crippen molar-refractivity contribution in [2.45, 2.75) is 0 Å². The van der Waals surface area contributed by atoms with E-state index in [9.17, 15) is 4.39 Å². The second-order valence-corrected chi connectivity index (χ2v) is 7.32. The van der Waals surface area contributed by atoms with Gasteiger partial charge in [0.2, 0.25) is 0 Å². The van der Waals surface area contributed by atoms with Crippen LogP contribution in [0.3, 0.4) is 0 Å². The molecule has 7 nitrogen and oxygen atoms in total. The highest BCUT2D eigenvalue weighted by Gasteiger charge is 2.12. The van der Waals surface area contributed by atoms with Gasteiger partial charge in [-0.3, -0.25) is 0 Å². The van der Waals surface area contributed by atoms with Crippen LogP contribution in [0.15, 0.2) is 72.0 Å². The Bertz CT molecular complexity index is 1330. The Morgan fingerprint density at radius 2 is 1.78 bits per heavy atom. The van der Waals surface area contributed by atoms with Crippen molar-refractivity contribution >= 4 is 45.7 Å². The van der Waals surface area contributed by atoms with Crippen molar-refractivity contribution in [3.05, 3.63) is 77.8 Å². The summed E-state index contributed by atoms with van der Waals surface area (Å²) in [5, 5.41) is 7.53. The molecule has 0 saturated heterocycles. The summed E-state index contributed by atoms with van der Waals surface area (Å²) in [6.45, 7) is 1.21. The number of benzene rings is 3. The van der Waals surface area contributed by atoms with Crippen molar-refractivity contribution in [1.82, 2.24) is 9.97 Å². The number of aromatic nitrogens is 2. The van der Waals surface area contributed by atoms with Gasteiger partial charge in [-0.25, -0.2) is 19.4 Å². The van der Waals surface area contributed by atoms with Gasteiger partial charge in [-0.15, -0.1) is 0 Å². The van der Waals surface area contributed by atoms with E-state index in [1.807, 2.05) is 18.2 Å². The van der Waals surface area contributed by atoms with Crippen LogP contribution in [-0.4, -0.2) is 29.1 Å². The number of anilines is 3. The van der Waals surface area contributed by atoms with Gasteiger partial charge in [-0.1, -0.05) is 23.7 Å². The molecule has 32 heavy (non-hydrogen) atoms. The molecule has 0 aliphatic carbocycles. The van der Waals surface area contributed by atoms with Crippen molar-refractivity contribution < 1.29 is 13.9 Å². The lowest BCUT2D eigenvalue weighted by Crippen LogP contribution is -2.11. The van der Waals surface area contributed by atoms with Crippen molar-refractivity contribution in [2.24, 2.45) is 4.99 Å². The Morgan fingerprint density at radius 1 is 0.938 bits per heavy atom. The maximum atomic E-state index is 13.9. The molecule has 160 valence electrons. The Morgan fingerprint density at radius 3 is 2.59 bits per heavy atom. The number of ether oxygens (including phenoxy) is 2. The number of rotatable bonds is 5. The first-order valence-corrected chi connectivity index (χ1v) is 10.2. The highest BCUT2D eigenvalue weighted by molar-refractivity contribution is 6.32. The van der Waals surface area contributed by atoms with E-state index in [0.29, 0.717) is 41.5 Å². The van der Waals surface area contributed by atoms with Crippen molar-refractivity contribution in [3.63, 3.8) is 0 Å². The van der Waals surface area contributed by atoms with Crippen LogP contribution in [0.5, 0.6) is 11.5 Å². The van der Waals surface area contributed by atoms with Gasteiger partial charge < -0.3 is 20.1 Å². The van der Waals surface area contributed by atoms with Crippen LogP contribution in [0.2, 0.25) is 5.02 Å². The minimum Gasteiger partial charge on any atom is -0.463 e. The van der Waals surface area contributed by atoms with Crippen LogP contribution in [0.25, 0.3) is 10.9 Å². The normalized spacial score (nSPS) is 12.9. The van der Waals surface area contributed by atoms with Crippen molar-refractivity contribution in [3.8, 4) is 11.5 Å². The quantitative estimate of drug-likeness (QED) is 0.403. The lowest BCUT2D eigenvalue weighted by Gasteiger charge is -2.13. The van der Waals surface area contributed by atoms with Crippen LogP contribution < -0.4 is 15.4 Å². The maximum Gasteiger partial charge on any atom is 0.289 e. The van der Waals surface area contributed by atoms with Gasteiger partial charge in [0.05, 0.1) is 17.1 Å². The molecule has 2 N–H and O–H groups in total. The van der Waals surface area contributed by atoms with Gasteiger partial charge in [0.1, 0.15) is 24.5 Å². The minimum atomic E-state index is -0.461. The fraction of sp³-hybridized carbons (Fsp3) is 0.0870. The summed E-state index contributed by atoms with van der Waals surface area (Å²) in [6.07, 6.45) is 1.49. The van der Waals surface area contributed by atoms with Crippen LogP contribution in [0, 0.1) is 5.82 Å². The molecule has 1 aromatic heterocycles. The standard InChI is InChI=1S/C23H17ClFN5O2/c24-17-12-15(6-8-20(17)32-21-4-2-1-3-18(21)25)29-22-16-11-14(30-23-26-9-10-31-23)5-7-19(16)27-13-28-22/h1-8,11-13H,9-10H2,(H,26,30)(H,27,28,29). The molecule has 0 saturated carbocycles. The van der Waals surface area contributed by atoms with Gasteiger partial charge in [0, 0.05) is 16.8 Å². The molecule has 1 aliphatic heterocycles. The number of para-hydroxylation sites is 1. The van der Waals surface area contributed by atoms with Crippen LogP contribution in [0.1, 0.15) is 0 Å². The molecule has 0 radical (unpaired) electrons. The van der Waals surface area contributed by atoms with E-state index < -0.39 is 5.82 Å². The molecule has 3 aromatic carbocycles. The number of nitrogens with zero attached hydrogens (tertiary/aromatic N) is 3. The summed E-state index contributed by atoms with van der Waals surface area (Å²) in [5.74, 6) is 0.592. The number of fused-ring (bicyclic) bond motifs is 1. The molecule has 0 amide bonds. The highest BCUT2D eigenvalue weighted by Crippen LogP contribution is 2.34. The summed E-state index contributed by atoms with van der Waals surface area (Å²) in [7, 11) is 0. The Labute approximate surface area is 187 Å². The largest absolute Gasteiger partial charge is 0.463 e. The van der Waals surface area contributed by atoms with Crippen molar-refractivity contribution in [1.29, 1.82) is 0 Å². The van der Waals surface area contributed by atoms with Gasteiger partial charge in [-0.05, 0) is 48.5 Å². The summed E-state index contributed by atoms with van der Waals surface area (Å²) in [5.41, 5.74) is 2.27. The highest BCUT2D eigenvalue weighted by atomic mass is 35.5. The van der Waals surface area contributed by atoms with Gasteiger partial charge in [0.25, 0.3) is 6.02 Å². The third-order valence-corrected chi connectivity index (χ3v) is 5.02. The summed E-state index contributed by atoms with van der Waals surface area (Å²) < 4.78 is 24.9. The molecule has 0 unspecified atom stereocenters. The van der Waals surface area contributed by atoms with E-state index in [1.165, 1.54) is 12.4 Å². The third-order valence-electron chi connectivity index (χ3n) is 4.72. The molecule has 4 aromatic rings. The average molecular weight is 450 g/mol. The molecule has 0 atom stereocenters. The van der Waals surface area contributed by atoms with Gasteiger partial charge in [0.15, 0.2) is 11.6 Å². The second kappa shape index (κ2) is 8.68. The Hall–Kier alpha value is -3.91. The number of amidine groups is 1. The average Bonchev–Trinajstić information content (AvgIpc) is 3.30. The zero-order chi connectivity index (χ0) is 21.9. The van der Waals surface area contributed by atoms with Crippen LogP contribution in [0.4, 0.5) is 21.6 Å². The van der Waals surface area contributed by atoms with E-state index in [1.54, 1.807) is 36.4 Å². The lowest BCUT2D eigenvalue weighted by atomic mass is 10.2. The maximum absolute atomic E-state index is 13.9. The topological polar surface area (TPSA) is 80.7 Å². The summed E-state index contributed by atoms with van der Waals surface area (Å²) in [6, 6.07) is 17.5. The molecule has 0 spiro atoms.